The van der Waals surface area contributed by atoms with Crippen LogP contribution in [0.2, 0.25) is 0 Å². The van der Waals surface area contributed by atoms with E-state index in [1.54, 1.807) is 22.9 Å². The Balaban J connectivity index is 0.00000341. The van der Waals surface area contributed by atoms with Crippen molar-refractivity contribution in [2.75, 3.05) is 44.7 Å². The molecule has 0 aliphatic carbocycles. The molecule has 9 heteroatoms. The minimum Gasteiger partial charge on any atom is -0.497 e. The van der Waals surface area contributed by atoms with Crippen LogP contribution in [-0.4, -0.2) is 66.4 Å². The number of carbonyl (C=O) groups excluding carboxylic acids is 1. The fourth-order valence-electron chi connectivity index (χ4n) is 3.56. The molecule has 1 aromatic heterocycles. The van der Waals surface area contributed by atoms with Gasteiger partial charge in [0.25, 0.3) is 0 Å². The van der Waals surface area contributed by atoms with Gasteiger partial charge < -0.3 is 19.9 Å². The van der Waals surface area contributed by atoms with Crippen molar-refractivity contribution in [1.82, 2.24) is 20.0 Å². The lowest BCUT2D eigenvalue weighted by atomic mass is 9.98. The number of rotatable bonds is 7. The van der Waals surface area contributed by atoms with Gasteiger partial charge in [0, 0.05) is 39.4 Å². The highest BCUT2D eigenvalue weighted by Gasteiger charge is 2.27. The maximum atomic E-state index is 12.7. The van der Waals surface area contributed by atoms with Gasteiger partial charge in [-0.1, -0.05) is 19.1 Å². The van der Waals surface area contributed by atoms with Crippen LogP contribution < -0.4 is 15.0 Å². The Morgan fingerprint density at radius 2 is 2.03 bits per heavy atom. The molecule has 0 saturated carbocycles. The number of nitrogens with one attached hydrogen (secondary N) is 1. The van der Waals surface area contributed by atoms with Gasteiger partial charge in [-0.05, 0) is 37.0 Å². The summed E-state index contributed by atoms with van der Waals surface area (Å²) in [5.41, 5.74) is 2.12. The van der Waals surface area contributed by atoms with Crippen molar-refractivity contribution >= 4 is 41.5 Å². The zero-order valence-corrected chi connectivity index (χ0v) is 21.1. The first-order valence-corrected chi connectivity index (χ1v) is 10.5. The topological polar surface area (TPSA) is 75.0 Å². The van der Waals surface area contributed by atoms with Gasteiger partial charge in [-0.2, -0.15) is 5.10 Å². The fourth-order valence-corrected chi connectivity index (χ4v) is 3.56. The van der Waals surface area contributed by atoms with E-state index >= 15 is 0 Å². The van der Waals surface area contributed by atoms with Gasteiger partial charge in [-0.3, -0.25) is 14.5 Å². The molecule has 1 aromatic carbocycles. The van der Waals surface area contributed by atoms with Crippen molar-refractivity contribution in [3.63, 3.8) is 0 Å². The molecule has 2 aromatic rings. The average molecular weight is 540 g/mol. The standard InChI is InChI=1S/C22H32N6O2.HI/c1-5-23-22(24-11-10-17(2)18-6-8-20(30-4)9-7-18)27-12-13-28(21(29)16-27)19-14-25-26(3)15-19;/h6-9,14-15,17H,5,10-13,16H2,1-4H3,(H,23,24);1H. The molecule has 1 fully saturated rings. The molecule has 2 heterocycles. The molecular weight excluding hydrogens is 507 g/mol. The quantitative estimate of drug-likeness (QED) is 0.332. The maximum Gasteiger partial charge on any atom is 0.246 e. The molecule has 170 valence electrons. The third-order valence-electron chi connectivity index (χ3n) is 5.37. The van der Waals surface area contributed by atoms with Gasteiger partial charge in [0.05, 0.1) is 19.0 Å². The monoisotopic (exact) mass is 540 g/mol. The molecule has 8 nitrogen and oxygen atoms in total. The highest BCUT2D eigenvalue weighted by Crippen LogP contribution is 2.22. The second-order valence-corrected chi connectivity index (χ2v) is 7.54. The first-order chi connectivity index (χ1) is 14.5. The van der Waals surface area contributed by atoms with E-state index in [0.717, 1.165) is 36.9 Å². The second-order valence-electron chi connectivity index (χ2n) is 7.54. The van der Waals surface area contributed by atoms with Gasteiger partial charge in [0.1, 0.15) is 12.3 Å². The number of guanidine groups is 1. The zero-order valence-electron chi connectivity index (χ0n) is 18.7. The van der Waals surface area contributed by atoms with Gasteiger partial charge in [0.2, 0.25) is 5.91 Å². The van der Waals surface area contributed by atoms with Crippen molar-refractivity contribution in [3.05, 3.63) is 42.2 Å². The van der Waals surface area contributed by atoms with Crippen LogP contribution in [0.1, 0.15) is 31.7 Å². The number of amides is 1. The second kappa shape index (κ2) is 11.9. The van der Waals surface area contributed by atoms with E-state index < -0.39 is 0 Å². The van der Waals surface area contributed by atoms with Gasteiger partial charge in [-0.15, -0.1) is 24.0 Å². The number of ether oxygens (including phenoxy) is 1. The molecular formula is C22H33IN6O2. The number of halogens is 1. The summed E-state index contributed by atoms with van der Waals surface area (Å²) in [6.45, 7) is 7.40. The van der Waals surface area contributed by atoms with E-state index in [9.17, 15) is 4.79 Å². The number of benzene rings is 1. The van der Waals surface area contributed by atoms with E-state index in [1.165, 1.54) is 5.56 Å². The van der Waals surface area contributed by atoms with Crippen LogP contribution in [0.4, 0.5) is 5.69 Å². The minimum absolute atomic E-state index is 0. The van der Waals surface area contributed by atoms with E-state index in [0.29, 0.717) is 25.6 Å². The Bertz CT molecular complexity index is 867. The van der Waals surface area contributed by atoms with E-state index in [1.807, 2.05) is 37.2 Å². The van der Waals surface area contributed by atoms with Crippen LogP contribution in [0.5, 0.6) is 5.75 Å². The fraction of sp³-hybridized carbons (Fsp3) is 0.500. The third-order valence-corrected chi connectivity index (χ3v) is 5.37. The van der Waals surface area contributed by atoms with Crippen LogP contribution >= 0.6 is 24.0 Å². The number of methoxy groups -OCH3 is 1. The summed E-state index contributed by atoms with van der Waals surface area (Å²) in [6, 6.07) is 8.20. The summed E-state index contributed by atoms with van der Waals surface area (Å²) in [6.07, 6.45) is 4.53. The lowest BCUT2D eigenvalue weighted by Gasteiger charge is -2.35. The third kappa shape index (κ3) is 6.59. The number of carbonyl (C=O) groups is 1. The average Bonchev–Trinajstić information content (AvgIpc) is 3.19. The number of nitrogens with zero attached hydrogens (tertiary/aromatic N) is 5. The lowest BCUT2D eigenvalue weighted by Crippen LogP contribution is -2.55. The zero-order chi connectivity index (χ0) is 21.5. The number of anilines is 1. The summed E-state index contributed by atoms with van der Waals surface area (Å²) >= 11 is 0. The van der Waals surface area contributed by atoms with E-state index in [4.69, 9.17) is 9.73 Å². The number of hydrogen-bond donors (Lipinski definition) is 1. The maximum absolute atomic E-state index is 12.7. The molecule has 1 amide bonds. The highest BCUT2D eigenvalue weighted by atomic mass is 127. The molecule has 0 spiro atoms. The van der Waals surface area contributed by atoms with Gasteiger partial charge in [-0.25, -0.2) is 0 Å². The predicted molar refractivity (Wildman–Crippen MR) is 135 cm³/mol. The lowest BCUT2D eigenvalue weighted by molar-refractivity contribution is -0.120. The molecule has 1 saturated heterocycles. The molecule has 1 unspecified atom stereocenters. The Hall–Kier alpha value is -2.30. The number of aromatic nitrogens is 2. The summed E-state index contributed by atoms with van der Waals surface area (Å²) in [5, 5.41) is 7.50. The largest absolute Gasteiger partial charge is 0.497 e. The molecule has 0 radical (unpaired) electrons. The highest BCUT2D eigenvalue weighted by molar-refractivity contribution is 14.0. The smallest absolute Gasteiger partial charge is 0.246 e. The Morgan fingerprint density at radius 3 is 2.61 bits per heavy atom. The van der Waals surface area contributed by atoms with Crippen molar-refractivity contribution in [2.24, 2.45) is 12.0 Å². The van der Waals surface area contributed by atoms with Crippen LogP contribution in [0.3, 0.4) is 0 Å². The number of piperazine rings is 1. The molecule has 1 N–H and O–H groups in total. The predicted octanol–water partition coefficient (Wildman–Crippen LogP) is 2.85. The van der Waals surface area contributed by atoms with Crippen LogP contribution in [-0.2, 0) is 11.8 Å². The van der Waals surface area contributed by atoms with Crippen LogP contribution in [0.25, 0.3) is 0 Å². The molecule has 1 aliphatic rings. The molecule has 0 bridgehead atoms. The van der Waals surface area contributed by atoms with Crippen LogP contribution in [0, 0.1) is 0 Å². The SMILES string of the molecule is CCNC(=NCCC(C)c1ccc(OC)cc1)N1CCN(c2cnn(C)c2)C(=O)C1.I. The first kappa shape index (κ1) is 25.0. The van der Waals surface area contributed by atoms with E-state index in [2.05, 4.69) is 29.5 Å². The first-order valence-electron chi connectivity index (χ1n) is 10.5. The summed E-state index contributed by atoms with van der Waals surface area (Å²) in [5.74, 6) is 2.13. The molecule has 3 rings (SSSR count). The Kier molecular flexibility index (Phi) is 9.60. The number of hydrogen-bond acceptors (Lipinski definition) is 4. The molecule has 1 aliphatic heterocycles. The van der Waals surface area contributed by atoms with Crippen LogP contribution in [0.15, 0.2) is 41.7 Å². The number of aryl methyl sites for hydroxylation is 1. The summed E-state index contributed by atoms with van der Waals surface area (Å²) in [4.78, 5) is 21.3. The Morgan fingerprint density at radius 1 is 1.29 bits per heavy atom. The normalized spacial score (nSPS) is 15.5. The van der Waals surface area contributed by atoms with Crippen molar-refractivity contribution in [1.29, 1.82) is 0 Å². The van der Waals surface area contributed by atoms with Crippen molar-refractivity contribution in [2.45, 2.75) is 26.2 Å². The van der Waals surface area contributed by atoms with Gasteiger partial charge >= 0.3 is 0 Å². The summed E-state index contributed by atoms with van der Waals surface area (Å²) in [7, 11) is 3.53. The number of aliphatic imine (C=N–C) groups is 1. The van der Waals surface area contributed by atoms with Gasteiger partial charge in [0.15, 0.2) is 5.96 Å². The summed E-state index contributed by atoms with van der Waals surface area (Å²) < 4.78 is 6.94. The van der Waals surface area contributed by atoms with Crippen molar-refractivity contribution in [3.8, 4) is 5.75 Å². The minimum atomic E-state index is 0. The Labute approximate surface area is 201 Å². The van der Waals surface area contributed by atoms with Crippen molar-refractivity contribution < 1.29 is 9.53 Å². The van der Waals surface area contributed by atoms with E-state index in [-0.39, 0.29) is 29.9 Å². The molecule has 31 heavy (non-hydrogen) atoms. The molecule has 1 atom stereocenters.